The van der Waals surface area contributed by atoms with Crippen molar-refractivity contribution in [3.8, 4) is 0 Å². The third-order valence-corrected chi connectivity index (χ3v) is 5.28. The number of carbonyl (C=O) groups is 1. The summed E-state index contributed by atoms with van der Waals surface area (Å²) in [5.74, 6) is -0.701. The number of nitrogens with zero attached hydrogens (tertiary/aromatic N) is 1. The topological polar surface area (TPSA) is 50.8 Å². The fourth-order valence-corrected chi connectivity index (χ4v) is 3.93. The lowest BCUT2D eigenvalue weighted by Crippen LogP contribution is -2.46. The van der Waals surface area contributed by atoms with Crippen molar-refractivity contribution in [2.24, 2.45) is 0 Å². The number of nitrogens with one attached hydrogen (secondary N) is 1. The highest BCUT2D eigenvalue weighted by atomic mass is 79.9. The van der Waals surface area contributed by atoms with E-state index in [2.05, 4.69) is 21.2 Å². The molecule has 0 atom stereocenters. The minimum atomic E-state index is -0.407. The van der Waals surface area contributed by atoms with E-state index in [1.54, 1.807) is 12.1 Å². The number of halogens is 2. The average molecular weight is 415 g/mol. The molecular formula is C18H24BrFN2O3. The fourth-order valence-electron chi connectivity index (χ4n) is 3.52. The van der Waals surface area contributed by atoms with Gasteiger partial charge in [0.1, 0.15) is 5.82 Å². The summed E-state index contributed by atoms with van der Waals surface area (Å²) in [6.45, 7) is 1.94. The SMILES string of the molecule is CN(CC(=O)NC1CCC2(CC1)OCCO2)Cc1cc(Br)ccc1F. The van der Waals surface area contributed by atoms with Gasteiger partial charge in [-0.3, -0.25) is 9.69 Å². The molecule has 5 nitrogen and oxygen atoms in total. The van der Waals surface area contributed by atoms with Crippen LogP contribution in [0.5, 0.6) is 0 Å². The van der Waals surface area contributed by atoms with E-state index in [1.807, 2.05) is 11.9 Å². The highest BCUT2D eigenvalue weighted by molar-refractivity contribution is 9.10. The molecule has 0 aromatic heterocycles. The Kier molecular flexibility index (Phi) is 6.09. The van der Waals surface area contributed by atoms with Gasteiger partial charge in [-0.25, -0.2) is 4.39 Å². The van der Waals surface area contributed by atoms with Crippen molar-refractivity contribution in [2.75, 3.05) is 26.8 Å². The molecule has 1 saturated heterocycles. The third kappa shape index (κ3) is 5.00. The summed E-state index contributed by atoms with van der Waals surface area (Å²) in [5.41, 5.74) is 0.569. The van der Waals surface area contributed by atoms with Gasteiger partial charge >= 0.3 is 0 Å². The van der Waals surface area contributed by atoms with Crippen molar-refractivity contribution >= 4 is 21.8 Å². The first kappa shape index (κ1) is 18.8. The van der Waals surface area contributed by atoms with Crippen molar-refractivity contribution in [1.82, 2.24) is 10.2 Å². The van der Waals surface area contributed by atoms with Crippen LogP contribution >= 0.6 is 15.9 Å². The van der Waals surface area contributed by atoms with Crippen molar-refractivity contribution in [2.45, 2.75) is 44.1 Å². The zero-order valence-electron chi connectivity index (χ0n) is 14.4. The quantitative estimate of drug-likeness (QED) is 0.804. The summed E-state index contributed by atoms with van der Waals surface area (Å²) in [4.78, 5) is 14.1. The molecule has 3 rings (SSSR count). The molecule has 0 bridgehead atoms. The van der Waals surface area contributed by atoms with Crippen LogP contribution in [0.25, 0.3) is 0 Å². The molecule has 1 saturated carbocycles. The van der Waals surface area contributed by atoms with Crippen LogP contribution in [-0.2, 0) is 20.8 Å². The van der Waals surface area contributed by atoms with Gasteiger partial charge in [-0.1, -0.05) is 15.9 Å². The summed E-state index contributed by atoms with van der Waals surface area (Å²) in [6, 6.07) is 4.99. The third-order valence-electron chi connectivity index (χ3n) is 4.79. The van der Waals surface area contributed by atoms with E-state index in [9.17, 15) is 9.18 Å². The number of likely N-dealkylation sites (N-methyl/N-ethyl adjacent to an activating group) is 1. The van der Waals surface area contributed by atoms with Gasteiger partial charge in [0.25, 0.3) is 0 Å². The lowest BCUT2D eigenvalue weighted by atomic mass is 9.90. The molecule has 0 radical (unpaired) electrons. The first-order chi connectivity index (χ1) is 12.0. The van der Waals surface area contributed by atoms with Crippen molar-refractivity contribution in [3.05, 3.63) is 34.1 Å². The first-order valence-electron chi connectivity index (χ1n) is 8.65. The molecule has 1 spiro atoms. The molecule has 1 aromatic rings. The Balaban J connectivity index is 1.44. The van der Waals surface area contributed by atoms with Crippen LogP contribution in [0.4, 0.5) is 4.39 Å². The van der Waals surface area contributed by atoms with Crippen LogP contribution in [0, 0.1) is 5.82 Å². The van der Waals surface area contributed by atoms with E-state index in [1.165, 1.54) is 6.07 Å². The molecule has 1 N–H and O–H groups in total. The van der Waals surface area contributed by atoms with Gasteiger partial charge in [-0.2, -0.15) is 0 Å². The molecule has 1 aliphatic heterocycles. The summed E-state index contributed by atoms with van der Waals surface area (Å²) >= 11 is 3.34. The van der Waals surface area contributed by atoms with Crippen LogP contribution in [0.1, 0.15) is 31.2 Å². The Morgan fingerprint density at radius 3 is 2.72 bits per heavy atom. The normalized spacial score (nSPS) is 20.3. The smallest absolute Gasteiger partial charge is 0.234 e. The Morgan fingerprint density at radius 1 is 1.36 bits per heavy atom. The molecule has 1 aliphatic carbocycles. The van der Waals surface area contributed by atoms with E-state index < -0.39 is 5.79 Å². The Morgan fingerprint density at radius 2 is 2.04 bits per heavy atom. The number of rotatable bonds is 5. The van der Waals surface area contributed by atoms with Gasteiger partial charge in [0.2, 0.25) is 5.91 Å². The zero-order valence-corrected chi connectivity index (χ0v) is 16.0. The number of benzene rings is 1. The molecule has 1 amide bonds. The predicted molar refractivity (Wildman–Crippen MR) is 95.5 cm³/mol. The largest absolute Gasteiger partial charge is 0.352 e. The molecule has 2 fully saturated rings. The van der Waals surface area contributed by atoms with Crippen LogP contribution in [-0.4, -0.2) is 49.4 Å². The zero-order chi connectivity index (χ0) is 17.9. The van der Waals surface area contributed by atoms with Crippen LogP contribution < -0.4 is 5.32 Å². The lowest BCUT2D eigenvalue weighted by Gasteiger charge is -2.35. The first-order valence-corrected chi connectivity index (χ1v) is 9.45. The molecule has 0 unspecified atom stereocenters. The minimum Gasteiger partial charge on any atom is -0.352 e. The maximum atomic E-state index is 13.8. The van der Waals surface area contributed by atoms with E-state index in [0.717, 1.165) is 30.2 Å². The Labute approximate surface area is 156 Å². The molecule has 7 heteroatoms. The molecular weight excluding hydrogens is 391 g/mol. The standard InChI is InChI=1S/C18H24BrFN2O3/c1-22(11-13-10-14(19)2-3-16(13)20)12-17(23)21-15-4-6-18(7-5-15)24-8-9-25-18/h2-3,10,15H,4-9,11-12H2,1H3,(H,21,23). The second-order valence-electron chi connectivity index (χ2n) is 6.86. The predicted octanol–water partition coefficient (Wildman–Crippen LogP) is 2.82. The van der Waals surface area contributed by atoms with Gasteiger partial charge in [-0.05, 0) is 38.1 Å². The van der Waals surface area contributed by atoms with E-state index in [4.69, 9.17) is 9.47 Å². The summed E-state index contributed by atoms with van der Waals surface area (Å²) in [6.07, 6.45) is 3.35. The molecule has 138 valence electrons. The van der Waals surface area contributed by atoms with Gasteiger partial charge in [0.05, 0.1) is 19.8 Å². The van der Waals surface area contributed by atoms with Crippen LogP contribution in [0.3, 0.4) is 0 Å². The van der Waals surface area contributed by atoms with Crippen molar-refractivity contribution < 1.29 is 18.7 Å². The van der Waals surface area contributed by atoms with Crippen molar-refractivity contribution in [1.29, 1.82) is 0 Å². The Hall–Kier alpha value is -1.02. The Bertz CT molecular complexity index is 612. The monoisotopic (exact) mass is 414 g/mol. The number of hydrogen-bond donors (Lipinski definition) is 1. The maximum absolute atomic E-state index is 13.8. The van der Waals surface area contributed by atoms with Crippen molar-refractivity contribution in [3.63, 3.8) is 0 Å². The number of amides is 1. The summed E-state index contributed by atoms with van der Waals surface area (Å²) in [7, 11) is 1.82. The molecule has 1 aromatic carbocycles. The maximum Gasteiger partial charge on any atom is 0.234 e. The van der Waals surface area contributed by atoms with Crippen LogP contribution in [0.2, 0.25) is 0 Å². The molecule has 1 heterocycles. The van der Waals surface area contributed by atoms with Gasteiger partial charge < -0.3 is 14.8 Å². The molecule has 2 aliphatic rings. The van der Waals surface area contributed by atoms with E-state index in [-0.39, 0.29) is 24.3 Å². The summed E-state index contributed by atoms with van der Waals surface area (Å²) < 4.78 is 26.0. The fraction of sp³-hybridized carbons (Fsp3) is 0.611. The second kappa shape index (κ2) is 8.12. The number of ether oxygens (including phenoxy) is 2. The van der Waals surface area contributed by atoms with Gasteiger partial charge in [-0.15, -0.1) is 0 Å². The van der Waals surface area contributed by atoms with E-state index >= 15 is 0 Å². The van der Waals surface area contributed by atoms with Crippen LogP contribution in [0.15, 0.2) is 22.7 Å². The second-order valence-corrected chi connectivity index (χ2v) is 7.77. The number of hydrogen-bond acceptors (Lipinski definition) is 4. The highest BCUT2D eigenvalue weighted by Crippen LogP contribution is 2.35. The van der Waals surface area contributed by atoms with Gasteiger partial charge in [0, 0.05) is 35.5 Å². The summed E-state index contributed by atoms with van der Waals surface area (Å²) in [5, 5.41) is 3.07. The highest BCUT2D eigenvalue weighted by Gasteiger charge is 2.40. The minimum absolute atomic E-state index is 0.0351. The average Bonchev–Trinajstić information content (AvgIpc) is 3.01. The van der Waals surface area contributed by atoms with Gasteiger partial charge in [0.15, 0.2) is 5.79 Å². The lowest BCUT2D eigenvalue weighted by molar-refractivity contribution is -0.180. The molecule has 25 heavy (non-hydrogen) atoms. The van der Waals surface area contributed by atoms with E-state index in [0.29, 0.717) is 25.3 Å². The number of carbonyl (C=O) groups excluding carboxylic acids is 1.